The van der Waals surface area contributed by atoms with Crippen LogP contribution in [0.1, 0.15) is 25.7 Å². The van der Waals surface area contributed by atoms with Crippen LogP contribution in [0.4, 0.5) is 22.0 Å². The van der Waals surface area contributed by atoms with Crippen LogP contribution in [0.15, 0.2) is 0 Å². The van der Waals surface area contributed by atoms with Crippen LogP contribution in [0, 0.1) is 5.92 Å². The Morgan fingerprint density at radius 2 is 1.75 bits per heavy atom. The molecular weight excluding hydrogens is 233 g/mol. The summed E-state index contributed by atoms with van der Waals surface area (Å²) in [5.74, 6) is -7.01. The van der Waals surface area contributed by atoms with Crippen LogP contribution in [-0.2, 0) is 4.79 Å². The molecule has 0 bridgehead atoms. The molecule has 1 saturated carbocycles. The molecule has 0 aliphatic heterocycles. The van der Waals surface area contributed by atoms with Crippen molar-refractivity contribution in [1.29, 1.82) is 0 Å². The van der Waals surface area contributed by atoms with Crippen LogP contribution >= 0.6 is 0 Å². The van der Waals surface area contributed by atoms with Gasteiger partial charge in [0.2, 0.25) is 0 Å². The molecule has 0 aromatic carbocycles. The van der Waals surface area contributed by atoms with Crippen molar-refractivity contribution < 1.29 is 26.7 Å². The minimum Gasteiger partial charge on any atom is -0.351 e. The maximum atomic E-state index is 12.4. The van der Waals surface area contributed by atoms with Gasteiger partial charge >= 0.3 is 12.1 Å². The first-order valence-electron chi connectivity index (χ1n) is 4.98. The fraction of sp³-hybridized carbons (Fsp3) is 0.889. The molecule has 1 aliphatic rings. The smallest absolute Gasteiger partial charge is 0.351 e. The first-order valence-corrected chi connectivity index (χ1v) is 4.98. The molecule has 0 heterocycles. The highest BCUT2D eigenvalue weighted by Crippen LogP contribution is 2.35. The molecule has 0 unspecified atom stereocenters. The molecule has 1 N–H and O–H groups in total. The van der Waals surface area contributed by atoms with Gasteiger partial charge < -0.3 is 5.32 Å². The molecule has 16 heavy (non-hydrogen) atoms. The Bertz CT molecular complexity index is 259. The van der Waals surface area contributed by atoms with Crippen molar-refractivity contribution in [3.8, 4) is 0 Å². The number of carbonyl (C=O) groups excluding carboxylic acids is 1. The van der Waals surface area contributed by atoms with Crippen LogP contribution in [0.3, 0.4) is 0 Å². The van der Waals surface area contributed by atoms with E-state index >= 15 is 0 Å². The predicted octanol–water partition coefficient (Wildman–Crippen LogP) is 2.49. The molecule has 0 aromatic heterocycles. The van der Waals surface area contributed by atoms with E-state index in [1.54, 1.807) is 5.32 Å². The zero-order chi connectivity index (χ0) is 12.4. The minimum atomic E-state index is -5.83. The van der Waals surface area contributed by atoms with Gasteiger partial charge in [0.05, 0.1) is 0 Å². The Kier molecular flexibility index (Phi) is 3.75. The van der Waals surface area contributed by atoms with E-state index in [0.717, 1.165) is 19.3 Å². The second-order valence-corrected chi connectivity index (χ2v) is 3.91. The third-order valence-electron chi connectivity index (χ3n) is 2.41. The van der Waals surface area contributed by atoms with E-state index in [9.17, 15) is 26.7 Å². The van der Waals surface area contributed by atoms with E-state index in [2.05, 4.69) is 0 Å². The highest BCUT2D eigenvalue weighted by atomic mass is 19.4. The van der Waals surface area contributed by atoms with Crippen LogP contribution in [0.2, 0.25) is 0 Å². The topological polar surface area (TPSA) is 29.1 Å². The Balaban J connectivity index is 2.27. The number of nitrogens with one attached hydrogen (secondary N) is 1. The van der Waals surface area contributed by atoms with E-state index in [1.807, 2.05) is 0 Å². The Morgan fingerprint density at radius 1 is 1.19 bits per heavy atom. The summed E-state index contributed by atoms with van der Waals surface area (Å²) in [4.78, 5) is 10.6. The third kappa shape index (κ3) is 3.31. The van der Waals surface area contributed by atoms with Gasteiger partial charge in [0.25, 0.3) is 5.91 Å². The number of hydrogen-bond acceptors (Lipinski definition) is 1. The summed E-state index contributed by atoms with van der Waals surface area (Å²) in [5.41, 5.74) is 0. The number of alkyl halides is 5. The molecule has 2 nitrogen and oxygen atoms in total. The summed E-state index contributed by atoms with van der Waals surface area (Å²) >= 11 is 0. The first kappa shape index (κ1) is 13.2. The molecule has 1 fully saturated rings. The molecule has 1 amide bonds. The van der Waals surface area contributed by atoms with Gasteiger partial charge in [-0.25, -0.2) is 0 Å². The molecule has 0 aromatic rings. The van der Waals surface area contributed by atoms with Gasteiger partial charge in [-0.1, -0.05) is 12.8 Å². The standard InChI is InChI=1S/C9H12F5NO/c10-8(11,9(12,13)14)7(16)15-5-1-2-6-3-4-6/h6H,1-5H2,(H,15,16). The number of amides is 1. The van der Waals surface area contributed by atoms with E-state index < -0.39 is 18.0 Å². The number of hydrogen-bond donors (Lipinski definition) is 1. The van der Waals surface area contributed by atoms with Crippen molar-refractivity contribution in [2.24, 2.45) is 5.92 Å². The Hall–Kier alpha value is -0.880. The molecular formula is C9H12F5NO. The van der Waals surface area contributed by atoms with Crippen LogP contribution in [0.25, 0.3) is 0 Å². The van der Waals surface area contributed by atoms with Crippen LogP contribution in [0.5, 0.6) is 0 Å². The molecule has 1 aliphatic carbocycles. The molecule has 1 rings (SSSR count). The van der Waals surface area contributed by atoms with Gasteiger partial charge in [-0.2, -0.15) is 22.0 Å². The summed E-state index contributed by atoms with van der Waals surface area (Å²) in [6, 6.07) is 0. The lowest BCUT2D eigenvalue weighted by Gasteiger charge is -2.18. The largest absolute Gasteiger partial charge is 0.463 e. The normalized spacial score (nSPS) is 17.3. The Morgan fingerprint density at radius 3 is 2.19 bits per heavy atom. The average molecular weight is 245 g/mol. The predicted molar refractivity (Wildman–Crippen MR) is 46.0 cm³/mol. The average Bonchev–Trinajstić information content (AvgIpc) is 2.93. The van der Waals surface area contributed by atoms with Crippen molar-refractivity contribution in [1.82, 2.24) is 5.32 Å². The highest BCUT2D eigenvalue weighted by Gasteiger charge is 2.63. The molecule has 94 valence electrons. The van der Waals surface area contributed by atoms with Crippen LogP contribution < -0.4 is 5.32 Å². The van der Waals surface area contributed by atoms with Gasteiger partial charge in [0.1, 0.15) is 0 Å². The quantitative estimate of drug-likeness (QED) is 0.585. The van der Waals surface area contributed by atoms with Gasteiger partial charge in [0.15, 0.2) is 0 Å². The van der Waals surface area contributed by atoms with Crippen LogP contribution in [-0.4, -0.2) is 24.6 Å². The molecule has 0 atom stereocenters. The van der Waals surface area contributed by atoms with Gasteiger partial charge in [-0.3, -0.25) is 4.79 Å². The lowest BCUT2D eigenvalue weighted by atomic mass is 10.2. The molecule has 0 radical (unpaired) electrons. The maximum Gasteiger partial charge on any atom is 0.463 e. The van der Waals surface area contributed by atoms with Crippen molar-refractivity contribution in [2.75, 3.05) is 6.54 Å². The van der Waals surface area contributed by atoms with Gasteiger partial charge in [-0.05, 0) is 18.8 Å². The summed E-state index contributed by atoms with van der Waals surface area (Å²) < 4.78 is 59.9. The highest BCUT2D eigenvalue weighted by molar-refractivity contribution is 5.84. The molecule has 7 heteroatoms. The number of halogens is 5. The van der Waals surface area contributed by atoms with Crippen molar-refractivity contribution >= 4 is 5.91 Å². The zero-order valence-electron chi connectivity index (χ0n) is 8.41. The van der Waals surface area contributed by atoms with E-state index in [-0.39, 0.29) is 6.54 Å². The SMILES string of the molecule is O=C(NCCCC1CC1)C(F)(F)C(F)(F)F. The third-order valence-corrected chi connectivity index (χ3v) is 2.41. The number of rotatable bonds is 5. The zero-order valence-corrected chi connectivity index (χ0v) is 8.41. The minimum absolute atomic E-state index is 0.138. The van der Waals surface area contributed by atoms with Crippen molar-refractivity contribution in [3.63, 3.8) is 0 Å². The number of carbonyl (C=O) groups is 1. The summed E-state index contributed by atoms with van der Waals surface area (Å²) in [6.45, 7) is -0.138. The van der Waals surface area contributed by atoms with E-state index in [4.69, 9.17) is 0 Å². The maximum absolute atomic E-state index is 12.4. The summed E-state index contributed by atoms with van der Waals surface area (Å²) in [5, 5.41) is 1.60. The van der Waals surface area contributed by atoms with Gasteiger partial charge in [0, 0.05) is 6.54 Å². The van der Waals surface area contributed by atoms with E-state index in [0.29, 0.717) is 12.3 Å². The first-order chi connectivity index (χ1) is 7.25. The summed E-state index contributed by atoms with van der Waals surface area (Å²) in [6.07, 6.45) is -2.48. The fourth-order valence-corrected chi connectivity index (χ4v) is 1.24. The summed E-state index contributed by atoms with van der Waals surface area (Å²) in [7, 11) is 0. The molecule has 0 saturated heterocycles. The van der Waals surface area contributed by atoms with E-state index in [1.165, 1.54) is 0 Å². The fourth-order valence-electron chi connectivity index (χ4n) is 1.24. The Labute approximate surface area is 89.2 Å². The van der Waals surface area contributed by atoms with Crippen molar-refractivity contribution in [2.45, 2.75) is 37.8 Å². The van der Waals surface area contributed by atoms with Gasteiger partial charge in [-0.15, -0.1) is 0 Å². The lowest BCUT2D eigenvalue weighted by Crippen LogP contribution is -2.50. The second kappa shape index (κ2) is 4.55. The van der Waals surface area contributed by atoms with Crippen molar-refractivity contribution in [3.05, 3.63) is 0 Å². The monoisotopic (exact) mass is 245 g/mol. The second-order valence-electron chi connectivity index (χ2n) is 3.91. The molecule has 0 spiro atoms. The lowest BCUT2D eigenvalue weighted by molar-refractivity contribution is -0.269.